The molecule has 0 radical (unpaired) electrons. The number of rotatable bonds is 2. The molecule has 2 unspecified atom stereocenters. The van der Waals surface area contributed by atoms with Crippen LogP contribution in [0.25, 0.3) is 10.8 Å². The fourth-order valence-electron chi connectivity index (χ4n) is 3.48. The van der Waals surface area contributed by atoms with Gasteiger partial charge in [0.05, 0.1) is 0 Å². The number of hydrogen-bond donors (Lipinski definition) is 1. The number of aryl methyl sites for hydroxylation is 1. The topological polar surface area (TPSA) is 42.1 Å². The van der Waals surface area contributed by atoms with Crippen LogP contribution in [0.1, 0.15) is 38.8 Å². The highest BCUT2D eigenvalue weighted by Crippen LogP contribution is 2.38. The zero-order chi connectivity index (χ0) is 14.3. The smallest absolute Gasteiger partial charge is 0.0453 e. The summed E-state index contributed by atoms with van der Waals surface area (Å²) in [6.07, 6.45) is 5.66. The SMILES string of the molecule is CCC1CCC(C)N1c1ccc(N)c2cnc(C)cc12. The van der Waals surface area contributed by atoms with Crippen molar-refractivity contribution in [3.63, 3.8) is 0 Å². The molecule has 20 heavy (non-hydrogen) atoms. The van der Waals surface area contributed by atoms with Crippen molar-refractivity contribution in [2.45, 2.75) is 52.1 Å². The third-order valence-corrected chi connectivity index (χ3v) is 4.58. The van der Waals surface area contributed by atoms with Crippen LogP contribution in [0.15, 0.2) is 24.4 Å². The average molecular weight is 269 g/mol. The number of nitrogens with zero attached hydrogens (tertiary/aromatic N) is 2. The van der Waals surface area contributed by atoms with Gasteiger partial charge in [-0.2, -0.15) is 0 Å². The van der Waals surface area contributed by atoms with Crippen molar-refractivity contribution in [2.24, 2.45) is 0 Å². The van der Waals surface area contributed by atoms with Gasteiger partial charge in [0.25, 0.3) is 0 Å². The van der Waals surface area contributed by atoms with Gasteiger partial charge in [-0.25, -0.2) is 0 Å². The lowest BCUT2D eigenvalue weighted by molar-refractivity contribution is 0.630. The maximum absolute atomic E-state index is 6.12. The summed E-state index contributed by atoms with van der Waals surface area (Å²) in [7, 11) is 0. The van der Waals surface area contributed by atoms with E-state index in [1.807, 2.05) is 19.2 Å². The molecular weight excluding hydrogens is 246 g/mol. The molecule has 1 aromatic heterocycles. The van der Waals surface area contributed by atoms with Gasteiger partial charge in [0.1, 0.15) is 0 Å². The lowest BCUT2D eigenvalue weighted by Crippen LogP contribution is -2.34. The number of pyridine rings is 1. The highest BCUT2D eigenvalue weighted by molar-refractivity contribution is 6.01. The summed E-state index contributed by atoms with van der Waals surface area (Å²) < 4.78 is 0. The number of fused-ring (bicyclic) bond motifs is 1. The Morgan fingerprint density at radius 3 is 2.85 bits per heavy atom. The lowest BCUT2D eigenvalue weighted by Gasteiger charge is -2.31. The minimum absolute atomic E-state index is 0.597. The highest BCUT2D eigenvalue weighted by atomic mass is 15.2. The van der Waals surface area contributed by atoms with Crippen LogP contribution in [0.3, 0.4) is 0 Å². The van der Waals surface area contributed by atoms with E-state index < -0.39 is 0 Å². The van der Waals surface area contributed by atoms with Crippen LogP contribution < -0.4 is 10.6 Å². The predicted octanol–water partition coefficient (Wildman–Crippen LogP) is 3.89. The van der Waals surface area contributed by atoms with Gasteiger partial charge in [-0.05, 0) is 51.3 Å². The molecule has 0 saturated carbocycles. The van der Waals surface area contributed by atoms with Crippen molar-refractivity contribution in [2.75, 3.05) is 10.6 Å². The number of hydrogen-bond acceptors (Lipinski definition) is 3. The van der Waals surface area contributed by atoms with E-state index in [9.17, 15) is 0 Å². The molecule has 0 amide bonds. The molecule has 1 aromatic carbocycles. The first-order chi connectivity index (χ1) is 9.61. The first-order valence-corrected chi connectivity index (χ1v) is 7.55. The van der Waals surface area contributed by atoms with Crippen molar-refractivity contribution >= 4 is 22.1 Å². The number of aromatic nitrogens is 1. The van der Waals surface area contributed by atoms with Crippen molar-refractivity contribution in [1.29, 1.82) is 0 Å². The Hall–Kier alpha value is -1.77. The first kappa shape index (κ1) is 13.2. The van der Waals surface area contributed by atoms with E-state index in [0.717, 1.165) is 16.8 Å². The second kappa shape index (κ2) is 4.97. The number of nitrogens with two attached hydrogens (primary N) is 1. The molecule has 3 heteroatoms. The molecule has 1 aliphatic heterocycles. The molecule has 0 aliphatic carbocycles. The Morgan fingerprint density at radius 1 is 1.30 bits per heavy atom. The van der Waals surface area contributed by atoms with E-state index in [1.165, 1.54) is 30.3 Å². The van der Waals surface area contributed by atoms with Crippen LogP contribution in [-0.2, 0) is 0 Å². The Bertz CT molecular complexity index is 635. The third-order valence-electron chi connectivity index (χ3n) is 4.58. The quantitative estimate of drug-likeness (QED) is 0.841. The summed E-state index contributed by atoms with van der Waals surface area (Å²) in [5.41, 5.74) is 9.29. The van der Waals surface area contributed by atoms with Crippen LogP contribution in [-0.4, -0.2) is 17.1 Å². The van der Waals surface area contributed by atoms with E-state index in [2.05, 4.69) is 35.9 Å². The summed E-state index contributed by atoms with van der Waals surface area (Å²) in [4.78, 5) is 6.98. The minimum atomic E-state index is 0.597. The molecular formula is C17H23N3. The van der Waals surface area contributed by atoms with Crippen molar-refractivity contribution in [3.05, 3.63) is 30.1 Å². The van der Waals surface area contributed by atoms with Crippen LogP contribution >= 0.6 is 0 Å². The summed E-state index contributed by atoms with van der Waals surface area (Å²) in [5, 5.41) is 2.31. The first-order valence-electron chi connectivity index (χ1n) is 7.55. The van der Waals surface area contributed by atoms with Gasteiger partial charge < -0.3 is 10.6 Å². The van der Waals surface area contributed by atoms with Gasteiger partial charge in [-0.1, -0.05) is 6.92 Å². The predicted molar refractivity (Wildman–Crippen MR) is 86.1 cm³/mol. The molecule has 3 rings (SSSR count). The molecule has 1 saturated heterocycles. The Morgan fingerprint density at radius 2 is 2.10 bits per heavy atom. The zero-order valence-electron chi connectivity index (χ0n) is 12.6. The van der Waals surface area contributed by atoms with Crippen molar-refractivity contribution in [1.82, 2.24) is 4.98 Å². The van der Waals surface area contributed by atoms with Gasteiger partial charge in [0.15, 0.2) is 0 Å². The van der Waals surface area contributed by atoms with Gasteiger partial charge in [0.2, 0.25) is 0 Å². The Labute approximate surface area is 120 Å². The van der Waals surface area contributed by atoms with Crippen LogP contribution in [0.5, 0.6) is 0 Å². The van der Waals surface area contributed by atoms with Gasteiger partial charge >= 0.3 is 0 Å². The second-order valence-electron chi connectivity index (χ2n) is 5.94. The van der Waals surface area contributed by atoms with E-state index >= 15 is 0 Å². The average Bonchev–Trinajstić information content (AvgIpc) is 2.80. The number of nitrogen functional groups attached to an aromatic ring is 1. The second-order valence-corrected chi connectivity index (χ2v) is 5.94. The van der Waals surface area contributed by atoms with Gasteiger partial charge in [0, 0.05) is 46.1 Å². The fraction of sp³-hybridized carbons (Fsp3) is 0.471. The standard InChI is InChI=1S/C17H23N3/c1-4-13-6-5-12(3)20(13)17-8-7-16(18)15-10-19-11(2)9-14(15)17/h7-10,12-13H,4-6,18H2,1-3H3. The molecule has 2 atom stereocenters. The largest absolute Gasteiger partial charge is 0.398 e. The van der Waals surface area contributed by atoms with Gasteiger partial charge in [-0.15, -0.1) is 0 Å². The maximum atomic E-state index is 6.12. The van der Waals surface area contributed by atoms with E-state index in [-0.39, 0.29) is 0 Å². The summed E-state index contributed by atoms with van der Waals surface area (Å²) in [6, 6.07) is 7.61. The van der Waals surface area contributed by atoms with E-state index in [4.69, 9.17) is 5.73 Å². The Kier molecular flexibility index (Phi) is 3.28. The molecule has 2 aromatic rings. The van der Waals surface area contributed by atoms with Crippen LogP contribution in [0, 0.1) is 6.92 Å². The monoisotopic (exact) mass is 269 g/mol. The van der Waals surface area contributed by atoms with Gasteiger partial charge in [-0.3, -0.25) is 4.98 Å². The number of anilines is 2. The molecule has 0 spiro atoms. The molecule has 1 fully saturated rings. The molecule has 1 aliphatic rings. The summed E-state index contributed by atoms with van der Waals surface area (Å²) in [5.74, 6) is 0. The Balaban J connectivity index is 2.20. The normalized spacial score (nSPS) is 22.6. The van der Waals surface area contributed by atoms with Crippen LogP contribution in [0.2, 0.25) is 0 Å². The lowest BCUT2D eigenvalue weighted by atomic mass is 10.1. The molecule has 3 nitrogen and oxygen atoms in total. The number of benzene rings is 1. The molecule has 0 bridgehead atoms. The fourth-order valence-corrected chi connectivity index (χ4v) is 3.48. The summed E-state index contributed by atoms with van der Waals surface area (Å²) in [6.45, 7) is 6.64. The zero-order valence-corrected chi connectivity index (χ0v) is 12.6. The van der Waals surface area contributed by atoms with E-state index in [1.54, 1.807) is 0 Å². The molecule has 2 N–H and O–H groups in total. The molecule has 106 valence electrons. The molecule has 2 heterocycles. The summed E-state index contributed by atoms with van der Waals surface area (Å²) >= 11 is 0. The van der Waals surface area contributed by atoms with Crippen molar-refractivity contribution in [3.8, 4) is 0 Å². The minimum Gasteiger partial charge on any atom is -0.398 e. The van der Waals surface area contributed by atoms with Crippen molar-refractivity contribution < 1.29 is 0 Å². The third kappa shape index (κ3) is 2.01. The maximum Gasteiger partial charge on any atom is 0.0453 e. The van der Waals surface area contributed by atoms with Crippen LogP contribution in [0.4, 0.5) is 11.4 Å². The van der Waals surface area contributed by atoms with E-state index in [0.29, 0.717) is 12.1 Å². The highest BCUT2D eigenvalue weighted by Gasteiger charge is 2.30.